The number of thiophene rings is 1. The third-order valence-corrected chi connectivity index (χ3v) is 5.30. The molecule has 0 aliphatic heterocycles. The maximum absolute atomic E-state index is 3.76. The van der Waals surface area contributed by atoms with Gasteiger partial charge >= 0.3 is 0 Å². The van der Waals surface area contributed by atoms with Gasteiger partial charge in [-0.15, -0.1) is 0 Å². The molecule has 0 radical (unpaired) electrons. The summed E-state index contributed by atoms with van der Waals surface area (Å²) in [5, 5.41) is 8.20. The molecule has 0 saturated heterocycles. The van der Waals surface area contributed by atoms with Crippen molar-refractivity contribution in [3.8, 4) is 0 Å². The lowest BCUT2D eigenvalue weighted by Crippen LogP contribution is -2.42. The summed E-state index contributed by atoms with van der Waals surface area (Å²) in [6, 6.07) is 2.77. The second-order valence-electron chi connectivity index (χ2n) is 5.65. The lowest BCUT2D eigenvalue weighted by atomic mass is 9.65. The standard InChI is InChI=1S/C14H21NS/c1-11(12-5-8-16-9-12)15-10-14(6-2-7-14)13-3-4-13/h5,8-9,11,13,15H,2-4,6-7,10H2,1H3. The SMILES string of the molecule is CC(NCC1(C2CC2)CCC1)c1ccsc1. The minimum atomic E-state index is 0.530. The molecule has 0 amide bonds. The highest BCUT2D eigenvalue weighted by Gasteiger charge is 2.48. The normalized spacial score (nSPS) is 25.1. The van der Waals surface area contributed by atoms with Crippen LogP contribution in [0.25, 0.3) is 0 Å². The van der Waals surface area contributed by atoms with Gasteiger partial charge in [-0.3, -0.25) is 0 Å². The zero-order valence-corrected chi connectivity index (χ0v) is 10.9. The van der Waals surface area contributed by atoms with E-state index in [2.05, 4.69) is 29.1 Å². The van der Waals surface area contributed by atoms with Crippen LogP contribution in [0.5, 0.6) is 0 Å². The molecule has 1 heterocycles. The first-order valence-corrected chi connectivity index (χ1v) is 7.50. The molecule has 1 nitrogen and oxygen atoms in total. The van der Waals surface area contributed by atoms with Crippen LogP contribution in [0.2, 0.25) is 0 Å². The summed E-state index contributed by atoms with van der Waals surface area (Å²) in [6.45, 7) is 3.54. The second kappa shape index (κ2) is 4.15. The minimum absolute atomic E-state index is 0.530. The molecule has 1 atom stereocenters. The first-order valence-electron chi connectivity index (χ1n) is 6.56. The number of rotatable bonds is 5. The van der Waals surface area contributed by atoms with Gasteiger partial charge in [0.1, 0.15) is 0 Å². The molecular formula is C14H21NS. The molecule has 0 aromatic carbocycles. The summed E-state index contributed by atoms with van der Waals surface area (Å²) >= 11 is 1.80. The van der Waals surface area contributed by atoms with Crippen molar-refractivity contribution in [3.05, 3.63) is 22.4 Å². The van der Waals surface area contributed by atoms with Crippen LogP contribution in [0.3, 0.4) is 0 Å². The quantitative estimate of drug-likeness (QED) is 0.814. The van der Waals surface area contributed by atoms with Crippen LogP contribution in [0.15, 0.2) is 16.8 Å². The monoisotopic (exact) mass is 235 g/mol. The summed E-state index contributed by atoms with van der Waals surface area (Å²) in [5.41, 5.74) is 2.15. The summed E-state index contributed by atoms with van der Waals surface area (Å²) in [6.07, 6.45) is 7.40. The largest absolute Gasteiger partial charge is 0.310 e. The van der Waals surface area contributed by atoms with Gasteiger partial charge in [0.2, 0.25) is 0 Å². The van der Waals surface area contributed by atoms with Crippen molar-refractivity contribution >= 4 is 11.3 Å². The molecule has 1 aromatic rings. The fourth-order valence-electron chi connectivity index (χ4n) is 3.05. The summed E-state index contributed by atoms with van der Waals surface area (Å²) in [7, 11) is 0. The van der Waals surface area contributed by atoms with Gasteiger partial charge in [0, 0.05) is 12.6 Å². The number of hydrogen-bond acceptors (Lipinski definition) is 2. The van der Waals surface area contributed by atoms with E-state index in [1.807, 2.05) is 0 Å². The Kier molecular flexibility index (Phi) is 2.80. The fraction of sp³-hybridized carbons (Fsp3) is 0.714. The number of nitrogens with one attached hydrogen (secondary N) is 1. The zero-order valence-electron chi connectivity index (χ0n) is 10.0. The van der Waals surface area contributed by atoms with E-state index < -0.39 is 0 Å². The summed E-state index contributed by atoms with van der Waals surface area (Å²) in [5.74, 6) is 1.06. The molecule has 3 rings (SSSR count). The Bertz CT molecular complexity index is 336. The van der Waals surface area contributed by atoms with Gasteiger partial charge in [-0.25, -0.2) is 0 Å². The van der Waals surface area contributed by atoms with E-state index in [1.54, 1.807) is 11.3 Å². The lowest BCUT2D eigenvalue weighted by molar-refractivity contribution is 0.0954. The Labute approximate surface area is 102 Å². The molecular weight excluding hydrogens is 214 g/mol. The molecule has 16 heavy (non-hydrogen) atoms. The van der Waals surface area contributed by atoms with E-state index >= 15 is 0 Å². The van der Waals surface area contributed by atoms with Crippen LogP contribution in [0.4, 0.5) is 0 Å². The smallest absolute Gasteiger partial charge is 0.0300 e. The Morgan fingerprint density at radius 1 is 1.50 bits per heavy atom. The molecule has 2 aliphatic rings. The summed E-state index contributed by atoms with van der Waals surface area (Å²) < 4.78 is 0. The van der Waals surface area contributed by atoms with Crippen LogP contribution in [0, 0.1) is 11.3 Å². The van der Waals surface area contributed by atoms with Crippen molar-refractivity contribution in [2.75, 3.05) is 6.54 Å². The van der Waals surface area contributed by atoms with Crippen LogP contribution in [-0.4, -0.2) is 6.54 Å². The van der Waals surface area contributed by atoms with Gasteiger partial charge in [-0.1, -0.05) is 6.42 Å². The minimum Gasteiger partial charge on any atom is -0.310 e. The van der Waals surface area contributed by atoms with Crippen molar-refractivity contribution in [2.45, 2.75) is 45.1 Å². The van der Waals surface area contributed by atoms with E-state index in [0.717, 1.165) is 5.92 Å². The van der Waals surface area contributed by atoms with Crippen LogP contribution in [-0.2, 0) is 0 Å². The summed E-state index contributed by atoms with van der Waals surface area (Å²) in [4.78, 5) is 0. The van der Waals surface area contributed by atoms with Crippen molar-refractivity contribution in [1.82, 2.24) is 5.32 Å². The third kappa shape index (κ3) is 1.93. The van der Waals surface area contributed by atoms with Crippen molar-refractivity contribution in [3.63, 3.8) is 0 Å². The molecule has 2 fully saturated rings. The van der Waals surface area contributed by atoms with E-state index in [0.29, 0.717) is 11.5 Å². The topological polar surface area (TPSA) is 12.0 Å². The average Bonchev–Trinajstić information content (AvgIpc) is 2.92. The Balaban J connectivity index is 1.55. The molecule has 2 aliphatic carbocycles. The van der Waals surface area contributed by atoms with Crippen molar-refractivity contribution < 1.29 is 0 Å². The Morgan fingerprint density at radius 2 is 2.31 bits per heavy atom. The first-order chi connectivity index (χ1) is 7.80. The molecule has 88 valence electrons. The van der Waals surface area contributed by atoms with E-state index in [1.165, 1.54) is 44.2 Å². The molecule has 2 saturated carbocycles. The predicted octanol–water partition coefficient (Wildman–Crippen LogP) is 3.98. The zero-order chi connectivity index (χ0) is 11.0. The first kappa shape index (κ1) is 10.8. The highest BCUT2D eigenvalue weighted by Crippen LogP contribution is 2.56. The Morgan fingerprint density at radius 3 is 2.81 bits per heavy atom. The molecule has 2 heteroatoms. The third-order valence-electron chi connectivity index (χ3n) is 4.60. The van der Waals surface area contributed by atoms with E-state index in [4.69, 9.17) is 0 Å². The molecule has 0 spiro atoms. The predicted molar refractivity (Wildman–Crippen MR) is 69.7 cm³/mol. The molecule has 1 aromatic heterocycles. The Hall–Kier alpha value is -0.340. The average molecular weight is 235 g/mol. The molecule has 1 N–H and O–H groups in total. The van der Waals surface area contributed by atoms with Gasteiger partial charge in [-0.05, 0) is 66.3 Å². The van der Waals surface area contributed by atoms with E-state index in [-0.39, 0.29) is 0 Å². The lowest BCUT2D eigenvalue weighted by Gasteiger charge is -2.43. The van der Waals surface area contributed by atoms with Gasteiger partial charge in [0.05, 0.1) is 0 Å². The highest BCUT2D eigenvalue weighted by atomic mass is 32.1. The fourth-order valence-corrected chi connectivity index (χ4v) is 3.81. The van der Waals surface area contributed by atoms with Gasteiger partial charge in [0.15, 0.2) is 0 Å². The van der Waals surface area contributed by atoms with Gasteiger partial charge < -0.3 is 5.32 Å². The van der Waals surface area contributed by atoms with Gasteiger partial charge in [0.25, 0.3) is 0 Å². The van der Waals surface area contributed by atoms with Gasteiger partial charge in [-0.2, -0.15) is 11.3 Å². The highest BCUT2D eigenvalue weighted by molar-refractivity contribution is 7.07. The van der Waals surface area contributed by atoms with Crippen molar-refractivity contribution in [1.29, 1.82) is 0 Å². The maximum Gasteiger partial charge on any atom is 0.0300 e. The van der Waals surface area contributed by atoms with Crippen molar-refractivity contribution in [2.24, 2.45) is 11.3 Å². The van der Waals surface area contributed by atoms with Crippen LogP contribution in [0.1, 0.15) is 50.6 Å². The van der Waals surface area contributed by atoms with Crippen LogP contribution >= 0.6 is 11.3 Å². The molecule has 1 unspecified atom stereocenters. The van der Waals surface area contributed by atoms with E-state index in [9.17, 15) is 0 Å². The van der Waals surface area contributed by atoms with Crippen LogP contribution < -0.4 is 5.32 Å². The second-order valence-corrected chi connectivity index (χ2v) is 6.43. The number of hydrogen-bond donors (Lipinski definition) is 1. The molecule has 0 bridgehead atoms. The maximum atomic E-state index is 3.76.